The molecule has 1 aliphatic rings. The molecule has 0 aliphatic carbocycles. The quantitative estimate of drug-likeness (QED) is 0.734. The molecule has 0 saturated carbocycles. The molecule has 1 amide bonds. The van der Waals surface area contributed by atoms with Crippen molar-refractivity contribution in [2.75, 3.05) is 40.0 Å². The zero-order valence-corrected chi connectivity index (χ0v) is 14.5. The maximum absolute atomic E-state index is 12.1. The Morgan fingerprint density at radius 1 is 1.15 bits per heavy atom. The van der Waals surface area contributed by atoms with E-state index in [4.69, 9.17) is 14.2 Å². The fourth-order valence-corrected chi connectivity index (χ4v) is 2.88. The molecule has 1 aliphatic heterocycles. The predicted octanol–water partition coefficient (Wildman–Crippen LogP) is 0.830. The first kappa shape index (κ1) is 17.9. The van der Waals surface area contributed by atoms with Gasteiger partial charge >= 0.3 is 11.9 Å². The number of hydrogen-bond donors (Lipinski definition) is 0. The first-order valence-electron chi connectivity index (χ1n) is 8.27. The van der Waals surface area contributed by atoms with Gasteiger partial charge < -0.3 is 23.7 Å². The number of benzene rings is 1. The molecule has 1 fully saturated rings. The molecule has 138 valence electrons. The molecule has 0 radical (unpaired) electrons. The van der Waals surface area contributed by atoms with E-state index in [-0.39, 0.29) is 19.1 Å². The summed E-state index contributed by atoms with van der Waals surface area (Å²) in [6.45, 7) is 1.58. The molecule has 1 aromatic heterocycles. The molecule has 2 aromatic rings. The summed E-state index contributed by atoms with van der Waals surface area (Å²) < 4.78 is 16.7. The Morgan fingerprint density at radius 3 is 2.62 bits per heavy atom. The number of aromatic nitrogens is 1. The van der Waals surface area contributed by atoms with Crippen molar-refractivity contribution in [3.05, 3.63) is 36.0 Å². The Bertz CT molecular complexity index is 822. The molecule has 3 rings (SSSR count). The zero-order chi connectivity index (χ0) is 18.5. The van der Waals surface area contributed by atoms with Crippen molar-refractivity contribution in [3.8, 4) is 0 Å². The van der Waals surface area contributed by atoms with Gasteiger partial charge in [0.15, 0.2) is 6.61 Å². The average Bonchev–Trinajstić information content (AvgIpc) is 3.05. The van der Waals surface area contributed by atoms with E-state index in [1.807, 2.05) is 6.07 Å². The summed E-state index contributed by atoms with van der Waals surface area (Å²) in [5.74, 6) is -1.27. The SMILES string of the molecule is COC(=O)c1cn(CC(=O)OCC(=O)N2CCOCC2)c2ccccc12. The molecular formula is C18H20N2O6. The molecule has 8 heteroatoms. The number of nitrogens with zero attached hydrogens (tertiary/aromatic N) is 2. The lowest BCUT2D eigenvalue weighted by Gasteiger charge is -2.26. The van der Waals surface area contributed by atoms with Crippen LogP contribution in [0.25, 0.3) is 10.9 Å². The summed E-state index contributed by atoms with van der Waals surface area (Å²) in [4.78, 5) is 37.7. The number of methoxy groups -OCH3 is 1. The van der Waals surface area contributed by atoms with E-state index in [9.17, 15) is 14.4 Å². The monoisotopic (exact) mass is 360 g/mol. The van der Waals surface area contributed by atoms with E-state index < -0.39 is 11.9 Å². The van der Waals surface area contributed by atoms with Crippen LogP contribution in [0.5, 0.6) is 0 Å². The van der Waals surface area contributed by atoms with Crippen molar-refractivity contribution in [2.24, 2.45) is 0 Å². The number of para-hydroxylation sites is 1. The van der Waals surface area contributed by atoms with Gasteiger partial charge in [0, 0.05) is 30.2 Å². The smallest absolute Gasteiger partial charge is 0.340 e. The van der Waals surface area contributed by atoms with E-state index in [0.29, 0.717) is 42.8 Å². The normalized spacial score (nSPS) is 14.3. The van der Waals surface area contributed by atoms with Gasteiger partial charge in [-0.3, -0.25) is 9.59 Å². The standard InChI is InChI=1S/C18H20N2O6/c1-24-18(23)14-10-20(15-5-3-2-4-13(14)15)11-17(22)26-12-16(21)19-6-8-25-9-7-19/h2-5,10H,6-9,11-12H2,1H3. The van der Waals surface area contributed by atoms with Crippen LogP contribution in [0.4, 0.5) is 0 Å². The minimum Gasteiger partial charge on any atom is -0.465 e. The fraction of sp³-hybridized carbons (Fsp3) is 0.389. The topological polar surface area (TPSA) is 87.1 Å². The third-order valence-corrected chi connectivity index (χ3v) is 4.21. The summed E-state index contributed by atoms with van der Waals surface area (Å²) in [5, 5.41) is 0.691. The Kier molecular flexibility index (Phi) is 5.52. The van der Waals surface area contributed by atoms with Gasteiger partial charge in [-0.05, 0) is 6.07 Å². The number of carbonyl (C=O) groups excluding carboxylic acids is 3. The second kappa shape index (κ2) is 8.01. The number of rotatable bonds is 5. The predicted molar refractivity (Wildman–Crippen MR) is 91.6 cm³/mol. The number of morpholine rings is 1. The number of amides is 1. The molecule has 0 atom stereocenters. The number of ether oxygens (including phenoxy) is 3. The van der Waals surface area contributed by atoms with E-state index in [1.54, 1.807) is 33.9 Å². The first-order chi connectivity index (χ1) is 12.6. The molecule has 0 bridgehead atoms. The van der Waals surface area contributed by atoms with E-state index in [2.05, 4.69) is 0 Å². The lowest BCUT2D eigenvalue weighted by molar-refractivity contribution is -0.154. The Labute approximate surface area is 150 Å². The Balaban J connectivity index is 1.65. The van der Waals surface area contributed by atoms with Crippen molar-refractivity contribution < 1.29 is 28.6 Å². The zero-order valence-electron chi connectivity index (χ0n) is 14.5. The lowest BCUT2D eigenvalue weighted by Crippen LogP contribution is -2.42. The number of esters is 2. The minimum absolute atomic E-state index is 0.103. The second-order valence-electron chi connectivity index (χ2n) is 5.83. The molecule has 1 aromatic carbocycles. The van der Waals surface area contributed by atoms with Crippen LogP contribution in [0.15, 0.2) is 30.5 Å². The fourth-order valence-electron chi connectivity index (χ4n) is 2.88. The average molecular weight is 360 g/mol. The second-order valence-corrected chi connectivity index (χ2v) is 5.83. The number of fused-ring (bicyclic) bond motifs is 1. The van der Waals surface area contributed by atoms with Gasteiger partial charge in [-0.15, -0.1) is 0 Å². The van der Waals surface area contributed by atoms with Gasteiger partial charge in [-0.2, -0.15) is 0 Å². The van der Waals surface area contributed by atoms with Crippen LogP contribution < -0.4 is 0 Å². The third-order valence-electron chi connectivity index (χ3n) is 4.21. The Morgan fingerprint density at radius 2 is 1.88 bits per heavy atom. The number of carbonyl (C=O) groups is 3. The van der Waals surface area contributed by atoms with Gasteiger partial charge in [0.1, 0.15) is 6.54 Å². The number of hydrogen-bond acceptors (Lipinski definition) is 6. The molecule has 8 nitrogen and oxygen atoms in total. The molecule has 1 saturated heterocycles. The van der Waals surface area contributed by atoms with Gasteiger partial charge in [0.05, 0.1) is 25.9 Å². The van der Waals surface area contributed by atoms with Crippen molar-refractivity contribution >= 4 is 28.7 Å². The highest BCUT2D eigenvalue weighted by atomic mass is 16.5. The van der Waals surface area contributed by atoms with Gasteiger partial charge in [-0.1, -0.05) is 18.2 Å². The summed E-state index contributed by atoms with van der Waals surface area (Å²) in [5.41, 5.74) is 1.09. The molecule has 2 heterocycles. The summed E-state index contributed by atoms with van der Waals surface area (Å²) in [6.07, 6.45) is 1.56. The van der Waals surface area contributed by atoms with E-state index in [1.165, 1.54) is 7.11 Å². The van der Waals surface area contributed by atoms with Gasteiger partial charge in [0.2, 0.25) is 0 Å². The molecule has 0 N–H and O–H groups in total. The highest BCUT2D eigenvalue weighted by Gasteiger charge is 2.20. The maximum atomic E-state index is 12.1. The van der Waals surface area contributed by atoms with Gasteiger partial charge in [0.25, 0.3) is 5.91 Å². The highest BCUT2D eigenvalue weighted by Crippen LogP contribution is 2.22. The van der Waals surface area contributed by atoms with Crippen LogP contribution in [0.3, 0.4) is 0 Å². The summed E-state index contributed by atoms with van der Waals surface area (Å²) in [7, 11) is 1.31. The van der Waals surface area contributed by atoms with Crippen molar-refractivity contribution in [3.63, 3.8) is 0 Å². The maximum Gasteiger partial charge on any atom is 0.340 e. The third kappa shape index (κ3) is 3.85. The summed E-state index contributed by atoms with van der Waals surface area (Å²) in [6, 6.07) is 7.20. The molecular weight excluding hydrogens is 340 g/mol. The Hall–Kier alpha value is -2.87. The van der Waals surface area contributed by atoms with Crippen LogP contribution in [0.2, 0.25) is 0 Å². The molecule has 0 unspecified atom stereocenters. The van der Waals surface area contributed by atoms with Crippen molar-refractivity contribution in [1.29, 1.82) is 0 Å². The highest BCUT2D eigenvalue weighted by molar-refractivity contribution is 6.04. The van der Waals surface area contributed by atoms with Crippen molar-refractivity contribution in [2.45, 2.75) is 6.54 Å². The van der Waals surface area contributed by atoms with Crippen LogP contribution in [-0.2, 0) is 30.3 Å². The molecule has 0 spiro atoms. The van der Waals surface area contributed by atoms with Crippen LogP contribution in [-0.4, -0.2) is 67.3 Å². The van der Waals surface area contributed by atoms with Gasteiger partial charge in [-0.25, -0.2) is 4.79 Å². The molecule has 26 heavy (non-hydrogen) atoms. The minimum atomic E-state index is -0.552. The largest absolute Gasteiger partial charge is 0.465 e. The van der Waals surface area contributed by atoms with Crippen LogP contribution >= 0.6 is 0 Å². The lowest BCUT2D eigenvalue weighted by atomic mass is 10.2. The van der Waals surface area contributed by atoms with Crippen LogP contribution in [0, 0.1) is 0 Å². The van der Waals surface area contributed by atoms with Crippen LogP contribution in [0.1, 0.15) is 10.4 Å². The van der Waals surface area contributed by atoms with Crippen molar-refractivity contribution in [1.82, 2.24) is 9.47 Å². The van der Waals surface area contributed by atoms with E-state index >= 15 is 0 Å². The van der Waals surface area contributed by atoms with E-state index in [0.717, 1.165) is 0 Å². The summed E-state index contributed by atoms with van der Waals surface area (Å²) >= 11 is 0. The first-order valence-corrected chi connectivity index (χ1v) is 8.27.